The van der Waals surface area contributed by atoms with E-state index in [-0.39, 0.29) is 11.5 Å². The van der Waals surface area contributed by atoms with E-state index in [1.54, 1.807) is 24.3 Å². The van der Waals surface area contributed by atoms with Gasteiger partial charge in [0.1, 0.15) is 11.5 Å². The van der Waals surface area contributed by atoms with Gasteiger partial charge in [-0.05, 0) is 54.1 Å². The minimum atomic E-state index is -0.824. The highest BCUT2D eigenvalue weighted by Crippen LogP contribution is 2.48. The van der Waals surface area contributed by atoms with Crippen LogP contribution in [0.5, 0.6) is 11.5 Å². The summed E-state index contributed by atoms with van der Waals surface area (Å²) in [4.78, 5) is 0. The van der Waals surface area contributed by atoms with Gasteiger partial charge >= 0.3 is 0 Å². The maximum atomic E-state index is 9.61. The van der Waals surface area contributed by atoms with E-state index in [4.69, 9.17) is 4.52 Å². The molecule has 18 heavy (non-hydrogen) atoms. The van der Waals surface area contributed by atoms with Gasteiger partial charge in [-0.1, -0.05) is 0 Å². The van der Waals surface area contributed by atoms with Crippen LogP contribution in [0.4, 0.5) is 0 Å². The summed E-state index contributed by atoms with van der Waals surface area (Å²) in [5, 5.41) is 23.3. The normalized spacial score (nSPS) is 11.4. The van der Waals surface area contributed by atoms with Gasteiger partial charge in [-0.2, -0.15) is 0 Å². The number of fused-ring (bicyclic) bond motifs is 3. The molecule has 0 fully saturated rings. The van der Waals surface area contributed by atoms with Crippen LogP contribution in [0.15, 0.2) is 36.4 Å². The smallest absolute Gasteiger partial charge is 0.116 e. The second kappa shape index (κ2) is 4.20. The Morgan fingerprint density at radius 2 is 1.44 bits per heavy atom. The zero-order valence-corrected chi connectivity index (χ0v) is 10.8. The highest BCUT2D eigenvalue weighted by Gasteiger charge is 2.13. The van der Waals surface area contributed by atoms with Crippen molar-refractivity contribution in [3.63, 3.8) is 0 Å². The van der Waals surface area contributed by atoms with Crippen molar-refractivity contribution in [2.24, 2.45) is 0 Å². The Morgan fingerprint density at radius 3 is 1.89 bits per heavy atom. The summed E-state index contributed by atoms with van der Waals surface area (Å²) in [5.41, 5.74) is 0. The highest BCUT2D eigenvalue weighted by molar-refractivity contribution is 7.57. The molecule has 4 heteroatoms. The van der Waals surface area contributed by atoms with Crippen LogP contribution in [0.3, 0.4) is 0 Å². The minimum Gasteiger partial charge on any atom is -0.508 e. The summed E-state index contributed by atoms with van der Waals surface area (Å²) in [6, 6.07) is 10.6. The van der Waals surface area contributed by atoms with Crippen molar-refractivity contribution in [2.75, 3.05) is 6.61 Å². The fourth-order valence-electron chi connectivity index (χ4n) is 2.23. The summed E-state index contributed by atoms with van der Waals surface area (Å²) in [5.74, 6) is 0.466. The van der Waals surface area contributed by atoms with E-state index >= 15 is 0 Å². The zero-order valence-electron chi connectivity index (χ0n) is 9.92. The van der Waals surface area contributed by atoms with E-state index in [9.17, 15) is 10.2 Å². The van der Waals surface area contributed by atoms with Gasteiger partial charge in [0.15, 0.2) is 0 Å². The van der Waals surface area contributed by atoms with Crippen LogP contribution in [-0.2, 0) is 0 Å². The third-order valence-corrected chi connectivity index (χ3v) is 5.12. The Bertz CT molecular complexity index is 671. The lowest BCUT2D eigenvalue weighted by atomic mass is 10.1. The van der Waals surface area contributed by atoms with E-state index in [2.05, 4.69) is 0 Å². The van der Waals surface area contributed by atoms with E-state index < -0.39 is 7.76 Å². The van der Waals surface area contributed by atoms with Crippen molar-refractivity contribution in [1.29, 1.82) is 0 Å². The van der Waals surface area contributed by atoms with E-state index in [0.29, 0.717) is 6.61 Å². The maximum Gasteiger partial charge on any atom is 0.116 e. The molecule has 3 rings (SSSR count). The summed E-state index contributed by atoms with van der Waals surface area (Å²) < 4.78 is 5.84. The van der Waals surface area contributed by atoms with Crippen LogP contribution in [0, 0.1) is 0 Å². The van der Waals surface area contributed by atoms with Crippen LogP contribution >= 0.6 is 7.76 Å². The fraction of sp³-hybridized carbons (Fsp3) is 0.143. The Balaban J connectivity index is 2.48. The third-order valence-electron chi connectivity index (χ3n) is 2.95. The summed E-state index contributed by atoms with van der Waals surface area (Å²) in [6.07, 6.45) is 0. The molecule has 0 aliphatic carbocycles. The number of benzene rings is 2. The third kappa shape index (κ3) is 1.64. The molecule has 0 aliphatic heterocycles. The first kappa shape index (κ1) is 11.4. The fourth-order valence-corrected chi connectivity index (χ4v) is 4.26. The first-order valence-corrected chi connectivity index (χ1v) is 7.06. The number of phenols is 2. The molecule has 0 unspecified atom stereocenters. The molecule has 0 bridgehead atoms. The zero-order chi connectivity index (χ0) is 12.7. The molecule has 1 aromatic heterocycles. The standard InChI is InChI=1S/C14H13O3P/c1-2-17-18-13-5-3-9(15)7-11(13)12-8-10(16)4-6-14(12)18/h3-8,15-16H,2H2,1H3. The van der Waals surface area contributed by atoms with E-state index in [1.165, 1.54) is 0 Å². The number of hydrogen-bond acceptors (Lipinski definition) is 3. The second-order valence-corrected chi connectivity index (χ2v) is 5.93. The van der Waals surface area contributed by atoms with Crippen LogP contribution in [0.25, 0.3) is 21.0 Å². The van der Waals surface area contributed by atoms with Crippen LogP contribution in [0.2, 0.25) is 0 Å². The van der Waals surface area contributed by atoms with E-state index in [1.807, 2.05) is 19.1 Å². The SMILES string of the molecule is CCOp1c2ccc(O)cc2c2cc(O)ccc21. The summed E-state index contributed by atoms with van der Waals surface area (Å²) >= 11 is 0. The first-order valence-electron chi connectivity index (χ1n) is 5.80. The molecular weight excluding hydrogens is 247 g/mol. The van der Waals surface area contributed by atoms with Gasteiger partial charge in [0.05, 0.1) is 6.61 Å². The van der Waals surface area contributed by atoms with Crippen molar-refractivity contribution in [1.82, 2.24) is 0 Å². The number of phenolic OH excluding ortho intramolecular Hbond substituents is 2. The molecule has 0 aliphatic rings. The Labute approximate surface area is 105 Å². The summed E-state index contributed by atoms with van der Waals surface area (Å²) in [7, 11) is -0.824. The number of hydrogen-bond donors (Lipinski definition) is 2. The predicted molar refractivity (Wildman–Crippen MR) is 74.6 cm³/mol. The van der Waals surface area contributed by atoms with Crippen LogP contribution < -0.4 is 4.52 Å². The molecule has 0 saturated heterocycles. The van der Waals surface area contributed by atoms with Crippen LogP contribution in [0.1, 0.15) is 6.92 Å². The Morgan fingerprint density at radius 1 is 0.944 bits per heavy atom. The van der Waals surface area contributed by atoms with Crippen molar-refractivity contribution in [2.45, 2.75) is 6.92 Å². The molecule has 0 atom stereocenters. The molecule has 1 heterocycles. The van der Waals surface area contributed by atoms with Gasteiger partial charge < -0.3 is 14.7 Å². The maximum absolute atomic E-state index is 9.61. The largest absolute Gasteiger partial charge is 0.508 e. The van der Waals surface area contributed by atoms with Gasteiger partial charge in [0, 0.05) is 18.0 Å². The lowest BCUT2D eigenvalue weighted by molar-refractivity contribution is 0.463. The number of rotatable bonds is 2. The minimum absolute atomic E-state index is 0.233. The lowest BCUT2D eigenvalue weighted by Gasteiger charge is -2.01. The van der Waals surface area contributed by atoms with Crippen molar-refractivity contribution in [3.05, 3.63) is 36.4 Å². The molecular formula is C14H13O3P. The molecule has 92 valence electrons. The molecule has 2 aromatic carbocycles. The van der Waals surface area contributed by atoms with Crippen molar-refractivity contribution < 1.29 is 14.7 Å². The molecule has 0 amide bonds. The monoisotopic (exact) mass is 260 g/mol. The van der Waals surface area contributed by atoms with Gasteiger partial charge in [-0.3, -0.25) is 0 Å². The van der Waals surface area contributed by atoms with Gasteiger partial charge in [0.2, 0.25) is 0 Å². The molecule has 0 radical (unpaired) electrons. The second-order valence-electron chi connectivity index (χ2n) is 4.12. The predicted octanol–water partition coefficient (Wildman–Crippen LogP) is 3.84. The first-order chi connectivity index (χ1) is 8.70. The molecule has 2 N–H and O–H groups in total. The molecule has 0 saturated carbocycles. The highest BCUT2D eigenvalue weighted by atomic mass is 31.1. The Hall–Kier alpha value is -1.70. The summed E-state index contributed by atoms with van der Waals surface area (Å²) in [6.45, 7) is 2.62. The lowest BCUT2D eigenvalue weighted by Crippen LogP contribution is -1.85. The quantitative estimate of drug-likeness (QED) is 0.736. The van der Waals surface area contributed by atoms with Crippen molar-refractivity contribution >= 4 is 28.8 Å². The average molecular weight is 260 g/mol. The number of aromatic hydroxyl groups is 2. The average Bonchev–Trinajstić information content (AvgIpc) is 2.64. The molecule has 0 spiro atoms. The van der Waals surface area contributed by atoms with Gasteiger partial charge in [-0.15, -0.1) is 0 Å². The molecule has 3 nitrogen and oxygen atoms in total. The van der Waals surface area contributed by atoms with Crippen molar-refractivity contribution in [3.8, 4) is 11.5 Å². The van der Waals surface area contributed by atoms with E-state index in [0.717, 1.165) is 21.0 Å². The van der Waals surface area contributed by atoms with Gasteiger partial charge in [0.25, 0.3) is 0 Å². The molecule has 3 aromatic rings. The topological polar surface area (TPSA) is 49.7 Å². The van der Waals surface area contributed by atoms with Gasteiger partial charge in [-0.25, -0.2) is 0 Å². The Kier molecular flexibility index (Phi) is 2.66. The van der Waals surface area contributed by atoms with Crippen LogP contribution in [-0.4, -0.2) is 16.8 Å².